The van der Waals surface area contributed by atoms with Gasteiger partial charge in [-0.3, -0.25) is 9.97 Å². The molecule has 0 radical (unpaired) electrons. The van der Waals surface area contributed by atoms with Crippen LogP contribution in [0.4, 0.5) is 0 Å². The molecule has 2 unspecified atom stereocenters. The first-order chi connectivity index (χ1) is 14.4. The smallest absolute Gasteiger partial charge is 0.0705 e. The average molecular weight is 375 g/mol. The van der Waals surface area contributed by atoms with E-state index in [1.807, 2.05) is 12.4 Å². The number of fused-ring (bicyclic) bond motifs is 2. The lowest BCUT2D eigenvalue weighted by molar-refractivity contribution is 0.350. The van der Waals surface area contributed by atoms with Gasteiger partial charge < -0.3 is 4.90 Å². The predicted octanol–water partition coefficient (Wildman–Crippen LogP) is 5.64. The van der Waals surface area contributed by atoms with Crippen molar-refractivity contribution in [1.29, 1.82) is 0 Å². The van der Waals surface area contributed by atoms with Crippen LogP contribution in [0.5, 0.6) is 0 Å². The Balaban J connectivity index is 1.28. The number of aromatic nitrogens is 2. The summed E-state index contributed by atoms with van der Waals surface area (Å²) in [5.74, 6) is 0.513. The zero-order valence-corrected chi connectivity index (χ0v) is 16.1. The fraction of sp³-hybridized carbons (Fsp3) is 0.154. The summed E-state index contributed by atoms with van der Waals surface area (Å²) in [6.07, 6.45) is 9.43. The molecule has 6 rings (SSSR count). The lowest BCUT2D eigenvalue weighted by atomic mass is 9.94. The summed E-state index contributed by atoms with van der Waals surface area (Å²) in [5, 5.41) is 1.21. The van der Waals surface area contributed by atoms with E-state index in [9.17, 15) is 0 Å². The van der Waals surface area contributed by atoms with E-state index in [4.69, 9.17) is 4.98 Å². The number of hydrogen-bond acceptors (Lipinski definition) is 3. The van der Waals surface area contributed by atoms with E-state index in [0.29, 0.717) is 12.0 Å². The second-order valence-electron chi connectivity index (χ2n) is 7.94. The second-order valence-corrected chi connectivity index (χ2v) is 7.94. The summed E-state index contributed by atoms with van der Waals surface area (Å²) in [5.41, 5.74) is 7.57. The largest absolute Gasteiger partial charge is 0.369 e. The average Bonchev–Trinajstić information content (AvgIpc) is 3.60. The summed E-state index contributed by atoms with van der Waals surface area (Å²) < 4.78 is 0. The molecule has 3 heteroatoms. The number of nitrogens with zero attached hydrogens (tertiary/aromatic N) is 3. The van der Waals surface area contributed by atoms with Crippen LogP contribution in [0.25, 0.3) is 28.1 Å². The van der Waals surface area contributed by atoms with E-state index in [0.717, 1.165) is 12.1 Å². The minimum absolute atomic E-state index is 0.513. The van der Waals surface area contributed by atoms with Crippen molar-refractivity contribution in [2.24, 2.45) is 0 Å². The van der Waals surface area contributed by atoms with E-state index < -0.39 is 0 Å². The Kier molecular flexibility index (Phi) is 3.73. The Morgan fingerprint density at radius 1 is 0.862 bits per heavy atom. The molecular weight excluding hydrogens is 354 g/mol. The van der Waals surface area contributed by atoms with Gasteiger partial charge >= 0.3 is 0 Å². The molecule has 0 N–H and O–H groups in total. The molecule has 0 amide bonds. The highest BCUT2D eigenvalue weighted by molar-refractivity contribution is 5.78. The van der Waals surface area contributed by atoms with Crippen molar-refractivity contribution in [2.45, 2.75) is 24.9 Å². The molecule has 0 spiro atoms. The summed E-state index contributed by atoms with van der Waals surface area (Å²) in [7, 11) is 0. The maximum Gasteiger partial charge on any atom is 0.0705 e. The highest BCUT2D eigenvalue weighted by Gasteiger charge is 2.43. The number of para-hydroxylation sites is 1. The highest BCUT2D eigenvalue weighted by Crippen LogP contribution is 2.46. The molecule has 3 heterocycles. The molecule has 1 aliphatic heterocycles. The van der Waals surface area contributed by atoms with Crippen LogP contribution in [0.1, 0.15) is 29.2 Å². The van der Waals surface area contributed by atoms with Gasteiger partial charge in [0.1, 0.15) is 0 Å². The number of benzene rings is 2. The predicted molar refractivity (Wildman–Crippen MR) is 117 cm³/mol. The van der Waals surface area contributed by atoms with Gasteiger partial charge in [-0.15, -0.1) is 0 Å². The van der Waals surface area contributed by atoms with Gasteiger partial charge in [-0.25, -0.2) is 0 Å². The highest BCUT2D eigenvalue weighted by atomic mass is 15.2. The molecule has 140 valence electrons. The Morgan fingerprint density at radius 2 is 1.76 bits per heavy atom. The Hall–Kier alpha value is -3.46. The lowest BCUT2D eigenvalue weighted by Crippen LogP contribution is -2.24. The zero-order chi connectivity index (χ0) is 19.2. The molecule has 2 atom stereocenters. The lowest BCUT2D eigenvalue weighted by Gasteiger charge is -2.27. The van der Waals surface area contributed by atoms with Crippen LogP contribution in [0.15, 0.2) is 85.3 Å². The number of rotatable bonds is 3. The Bertz CT molecular complexity index is 1230. The van der Waals surface area contributed by atoms with Crippen molar-refractivity contribution in [3.05, 3.63) is 102 Å². The molecule has 2 aliphatic rings. The van der Waals surface area contributed by atoms with E-state index in [1.165, 1.54) is 39.8 Å². The minimum Gasteiger partial charge on any atom is -0.369 e. The fourth-order valence-corrected chi connectivity index (χ4v) is 4.53. The van der Waals surface area contributed by atoms with E-state index in [2.05, 4.69) is 88.9 Å². The van der Waals surface area contributed by atoms with Crippen LogP contribution in [-0.4, -0.2) is 20.9 Å². The van der Waals surface area contributed by atoms with Crippen molar-refractivity contribution < 1.29 is 0 Å². The van der Waals surface area contributed by atoms with Crippen LogP contribution in [-0.2, 0) is 6.54 Å². The molecule has 1 aliphatic carbocycles. The summed E-state index contributed by atoms with van der Waals surface area (Å²) in [4.78, 5) is 11.6. The van der Waals surface area contributed by atoms with Crippen molar-refractivity contribution in [2.75, 3.05) is 0 Å². The van der Waals surface area contributed by atoms with Gasteiger partial charge in [0, 0.05) is 48.2 Å². The van der Waals surface area contributed by atoms with Crippen LogP contribution in [0, 0.1) is 0 Å². The summed E-state index contributed by atoms with van der Waals surface area (Å²) >= 11 is 0. The molecule has 1 fully saturated rings. The van der Waals surface area contributed by atoms with Crippen molar-refractivity contribution >= 4 is 17.0 Å². The second kappa shape index (κ2) is 6.56. The molecule has 0 saturated heterocycles. The van der Waals surface area contributed by atoms with Gasteiger partial charge in [-0.05, 0) is 59.0 Å². The first-order valence-corrected chi connectivity index (χ1v) is 10.2. The molecule has 29 heavy (non-hydrogen) atoms. The van der Waals surface area contributed by atoms with Gasteiger partial charge in [0.25, 0.3) is 0 Å². The summed E-state index contributed by atoms with van der Waals surface area (Å²) in [6, 6.07) is 24.1. The fourth-order valence-electron chi connectivity index (χ4n) is 4.53. The normalized spacial score (nSPS) is 19.9. The maximum absolute atomic E-state index is 4.93. The van der Waals surface area contributed by atoms with E-state index in [-0.39, 0.29) is 0 Å². The van der Waals surface area contributed by atoms with Crippen LogP contribution in [0.3, 0.4) is 0 Å². The molecule has 1 saturated carbocycles. The third-order valence-electron chi connectivity index (χ3n) is 6.17. The Morgan fingerprint density at radius 3 is 2.69 bits per heavy atom. The van der Waals surface area contributed by atoms with Gasteiger partial charge in [0.05, 0.1) is 5.52 Å². The van der Waals surface area contributed by atoms with Gasteiger partial charge in [-0.2, -0.15) is 0 Å². The quantitative estimate of drug-likeness (QED) is 0.464. The van der Waals surface area contributed by atoms with Crippen molar-refractivity contribution in [3.63, 3.8) is 0 Å². The molecule has 2 aromatic carbocycles. The van der Waals surface area contributed by atoms with E-state index >= 15 is 0 Å². The van der Waals surface area contributed by atoms with Crippen molar-refractivity contribution in [3.8, 4) is 11.1 Å². The van der Waals surface area contributed by atoms with Gasteiger partial charge in [-0.1, -0.05) is 42.5 Å². The maximum atomic E-state index is 4.93. The first-order valence-electron chi connectivity index (χ1n) is 10.2. The number of hydrogen-bond donors (Lipinski definition) is 0. The number of pyridine rings is 2. The van der Waals surface area contributed by atoms with Crippen LogP contribution in [0.2, 0.25) is 0 Å². The zero-order valence-electron chi connectivity index (χ0n) is 16.1. The van der Waals surface area contributed by atoms with Gasteiger partial charge in [0.2, 0.25) is 0 Å². The standard InChI is InChI=1S/C26H21N3/c1-2-7-24-20(4-1)8-9-25(28-24)22-16-26(22)29-15-12-18-5-3-6-21(23(18)17-29)19-10-13-27-14-11-19/h1-15,22,26H,16-17H2. The molecule has 4 aromatic rings. The molecular formula is C26H21N3. The topological polar surface area (TPSA) is 29.0 Å². The minimum atomic E-state index is 0.513. The molecule has 0 bridgehead atoms. The third kappa shape index (κ3) is 2.90. The van der Waals surface area contributed by atoms with Crippen molar-refractivity contribution in [1.82, 2.24) is 14.9 Å². The third-order valence-corrected chi connectivity index (χ3v) is 6.17. The summed E-state index contributed by atoms with van der Waals surface area (Å²) in [6.45, 7) is 0.944. The monoisotopic (exact) mass is 375 g/mol. The van der Waals surface area contributed by atoms with Crippen LogP contribution < -0.4 is 0 Å². The van der Waals surface area contributed by atoms with Gasteiger partial charge in [0.15, 0.2) is 0 Å². The van der Waals surface area contributed by atoms with Crippen LogP contribution >= 0.6 is 0 Å². The Labute approximate surface area is 170 Å². The molecule has 2 aromatic heterocycles. The first kappa shape index (κ1) is 16.5. The van der Waals surface area contributed by atoms with E-state index in [1.54, 1.807) is 0 Å². The SMILES string of the molecule is C1=CN(C2CC2c2ccc3ccccc3n2)Cc2c1cccc2-c1ccncc1. The molecule has 3 nitrogen and oxygen atoms in total.